The molecule has 19 heavy (non-hydrogen) atoms. The van der Waals surface area contributed by atoms with E-state index < -0.39 is 5.54 Å². The monoisotopic (exact) mass is 268 g/mol. The summed E-state index contributed by atoms with van der Waals surface area (Å²) in [5.41, 5.74) is -0.429. The molecule has 1 aliphatic carbocycles. The fourth-order valence-corrected chi connectivity index (χ4v) is 3.66. The Morgan fingerprint density at radius 1 is 1.42 bits per heavy atom. The number of nitrogens with zero attached hydrogens (tertiary/aromatic N) is 1. The molecule has 3 unspecified atom stereocenters. The highest BCUT2D eigenvalue weighted by Crippen LogP contribution is 2.36. The zero-order valence-corrected chi connectivity index (χ0v) is 12.6. The molecule has 0 spiro atoms. The fraction of sp³-hybridized carbons (Fsp3) is 0.933. The van der Waals surface area contributed by atoms with Crippen LogP contribution < -0.4 is 5.32 Å². The first-order chi connectivity index (χ1) is 9.11. The van der Waals surface area contributed by atoms with E-state index in [1.54, 1.807) is 0 Å². The van der Waals surface area contributed by atoms with E-state index in [0.717, 1.165) is 31.7 Å². The van der Waals surface area contributed by atoms with Crippen molar-refractivity contribution in [3.8, 4) is 0 Å². The number of rotatable bonds is 5. The molecule has 1 N–H and O–H groups in total. The van der Waals surface area contributed by atoms with E-state index >= 15 is 0 Å². The Balaban J connectivity index is 2.00. The number of nitrogens with one attached hydrogen (secondary N) is 1. The second kappa shape index (κ2) is 6.23. The van der Waals surface area contributed by atoms with Gasteiger partial charge in [0.2, 0.25) is 0 Å². The quantitative estimate of drug-likeness (QED) is 0.772. The van der Waals surface area contributed by atoms with Crippen molar-refractivity contribution in [1.29, 1.82) is 0 Å². The minimum absolute atomic E-state index is 0.0494. The average Bonchev–Trinajstić information content (AvgIpc) is 2.97. The molecule has 2 fully saturated rings. The van der Waals surface area contributed by atoms with Crippen LogP contribution in [0.3, 0.4) is 0 Å². The third kappa shape index (κ3) is 3.11. The molecule has 1 saturated carbocycles. The lowest BCUT2D eigenvalue weighted by molar-refractivity contribution is -0.151. The van der Waals surface area contributed by atoms with Crippen molar-refractivity contribution in [3.05, 3.63) is 0 Å². The van der Waals surface area contributed by atoms with Gasteiger partial charge in [-0.1, -0.05) is 13.8 Å². The maximum absolute atomic E-state index is 12.3. The lowest BCUT2D eigenvalue weighted by Gasteiger charge is -2.30. The van der Waals surface area contributed by atoms with E-state index in [1.807, 2.05) is 6.92 Å². The molecule has 1 heterocycles. The van der Waals surface area contributed by atoms with Crippen LogP contribution in [-0.4, -0.2) is 48.7 Å². The Morgan fingerprint density at radius 2 is 2.21 bits per heavy atom. The second-order valence-corrected chi connectivity index (χ2v) is 6.12. The largest absolute Gasteiger partial charge is 0.465 e. The molecule has 1 aliphatic heterocycles. The summed E-state index contributed by atoms with van der Waals surface area (Å²) in [6.45, 7) is 9.93. The molecule has 2 rings (SSSR count). The number of esters is 1. The molecule has 4 nitrogen and oxygen atoms in total. The van der Waals surface area contributed by atoms with Crippen LogP contribution in [0.4, 0.5) is 0 Å². The Hall–Kier alpha value is -0.610. The third-order valence-corrected chi connectivity index (χ3v) is 4.64. The molecule has 0 aromatic heterocycles. The molecular weight excluding hydrogens is 240 g/mol. The maximum Gasteiger partial charge on any atom is 0.326 e. The second-order valence-electron chi connectivity index (χ2n) is 6.12. The number of ether oxygens (including phenoxy) is 1. The van der Waals surface area contributed by atoms with Crippen molar-refractivity contribution >= 4 is 5.97 Å². The summed E-state index contributed by atoms with van der Waals surface area (Å²) < 4.78 is 5.29. The first-order valence-electron chi connectivity index (χ1n) is 7.77. The van der Waals surface area contributed by atoms with Crippen LogP contribution in [-0.2, 0) is 9.53 Å². The number of hydrogen-bond donors (Lipinski definition) is 1. The molecule has 0 bridgehead atoms. The first kappa shape index (κ1) is 14.8. The average molecular weight is 268 g/mol. The molecule has 2 aliphatic rings. The highest BCUT2D eigenvalue weighted by atomic mass is 16.5. The molecule has 0 radical (unpaired) electrons. The van der Waals surface area contributed by atoms with E-state index in [1.165, 1.54) is 19.5 Å². The highest BCUT2D eigenvalue weighted by Gasteiger charge is 2.47. The van der Waals surface area contributed by atoms with Crippen LogP contribution in [0.25, 0.3) is 0 Å². The summed E-state index contributed by atoms with van der Waals surface area (Å²) in [4.78, 5) is 14.9. The number of carbonyl (C=O) groups excluding carboxylic acids is 1. The van der Waals surface area contributed by atoms with E-state index in [2.05, 4.69) is 24.1 Å². The molecule has 0 aromatic rings. The number of hydrogen-bond acceptors (Lipinski definition) is 4. The highest BCUT2D eigenvalue weighted by molar-refractivity contribution is 5.81. The minimum Gasteiger partial charge on any atom is -0.465 e. The van der Waals surface area contributed by atoms with Gasteiger partial charge in [-0.3, -0.25) is 4.79 Å². The van der Waals surface area contributed by atoms with Gasteiger partial charge in [0.05, 0.1) is 6.61 Å². The Morgan fingerprint density at radius 3 is 2.79 bits per heavy atom. The lowest BCUT2D eigenvalue weighted by Crippen LogP contribution is -2.52. The zero-order valence-electron chi connectivity index (χ0n) is 12.6. The van der Waals surface area contributed by atoms with Crippen molar-refractivity contribution < 1.29 is 9.53 Å². The summed E-state index contributed by atoms with van der Waals surface area (Å²) in [5.74, 6) is 0.753. The van der Waals surface area contributed by atoms with Crippen LogP contribution >= 0.6 is 0 Å². The van der Waals surface area contributed by atoms with Crippen LogP contribution in [0.1, 0.15) is 46.5 Å². The van der Waals surface area contributed by atoms with Gasteiger partial charge in [0.15, 0.2) is 0 Å². The standard InChI is InChI=1S/C15H28N2O2/c1-4-16-15(14(18)19-5-2)8-6-13(10-15)17-9-7-12(3)11-17/h12-13,16H,4-11H2,1-3H3. The molecule has 110 valence electrons. The predicted octanol–water partition coefficient (Wildman–Crippen LogP) is 1.79. The molecule has 0 amide bonds. The van der Waals surface area contributed by atoms with Crippen LogP contribution in [0.2, 0.25) is 0 Å². The van der Waals surface area contributed by atoms with Gasteiger partial charge in [0.1, 0.15) is 5.54 Å². The van der Waals surface area contributed by atoms with Gasteiger partial charge in [0.25, 0.3) is 0 Å². The molecule has 3 atom stereocenters. The van der Waals surface area contributed by atoms with Crippen molar-refractivity contribution in [2.75, 3.05) is 26.2 Å². The number of likely N-dealkylation sites (N-methyl/N-ethyl adjacent to an activating group) is 1. The molecular formula is C15H28N2O2. The maximum atomic E-state index is 12.3. The van der Waals surface area contributed by atoms with Crippen LogP contribution in [0, 0.1) is 5.92 Å². The first-order valence-corrected chi connectivity index (χ1v) is 7.77. The Kier molecular flexibility index (Phi) is 4.85. The molecule has 0 aromatic carbocycles. The molecule has 4 heteroatoms. The third-order valence-electron chi connectivity index (χ3n) is 4.64. The van der Waals surface area contributed by atoms with Gasteiger partial charge >= 0.3 is 5.97 Å². The van der Waals surface area contributed by atoms with Crippen molar-refractivity contribution in [1.82, 2.24) is 10.2 Å². The summed E-state index contributed by atoms with van der Waals surface area (Å²) in [7, 11) is 0. The molecule has 1 saturated heterocycles. The van der Waals surface area contributed by atoms with Gasteiger partial charge in [-0.15, -0.1) is 0 Å². The zero-order chi connectivity index (χ0) is 13.9. The van der Waals surface area contributed by atoms with Crippen molar-refractivity contribution in [3.63, 3.8) is 0 Å². The van der Waals surface area contributed by atoms with Crippen molar-refractivity contribution in [2.45, 2.75) is 58.0 Å². The Bertz CT molecular complexity index is 321. The summed E-state index contributed by atoms with van der Waals surface area (Å²) in [6.07, 6.45) is 4.23. The van der Waals surface area contributed by atoms with Gasteiger partial charge in [-0.05, 0) is 51.6 Å². The fourth-order valence-electron chi connectivity index (χ4n) is 3.66. The smallest absolute Gasteiger partial charge is 0.326 e. The van der Waals surface area contributed by atoms with Gasteiger partial charge in [0, 0.05) is 12.6 Å². The number of likely N-dealkylation sites (tertiary alicyclic amines) is 1. The normalized spacial score (nSPS) is 35.7. The number of carbonyl (C=O) groups is 1. The van der Waals surface area contributed by atoms with Crippen LogP contribution in [0.5, 0.6) is 0 Å². The minimum atomic E-state index is -0.429. The van der Waals surface area contributed by atoms with E-state index in [4.69, 9.17) is 4.74 Å². The predicted molar refractivity (Wildman–Crippen MR) is 76.0 cm³/mol. The summed E-state index contributed by atoms with van der Waals surface area (Å²) in [6, 6.07) is 0.549. The summed E-state index contributed by atoms with van der Waals surface area (Å²) >= 11 is 0. The van der Waals surface area contributed by atoms with E-state index in [0.29, 0.717) is 12.6 Å². The van der Waals surface area contributed by atoms with Gasteiger partial charge in [-0.25, -0.2) is 0 Å². The van der Waals surface area contributed by atoms with Crippen LogP contribution in [0.15, 0.2) is 0 Å². The summed E-state index contributed by atoms with van der Waals surface area (Å²) in [5, 5.41) is 3.41. The SMILES string of the molecule is CCNC1(C(=O)OCC)CCC(N2CCC(C)C2)C1. The lowest BCUT2D eigenvalue weighted by atomic mass is 9.97. The van der Waals surface area contributed by atoms with Gasteiger partial charge in [-0.2, -0.15) is 0 Å². The van der Waals surface area contributed by atoms with E-state index in [9.17, 15) is 4.79 Å². The van der Waals surface area contributed by atoms with Gasteiger partial charge < -0.3 is 15.0 Å². The van der Waals surface area contributed by atoms with E-state index in [-0.39, 0.29) is 5.97 Å². The Labute approximate surface area is 116 Å². The van der Waals surface area contributed by atoms with Crippen molar-refractivity contribution in [2.24, 2.45) is 5.92 Å². The topological polar surface area (TPSA) is 41.6 Å².